The van der Waals surface area contributed by atoms with Crippen LogP contribution in [0, 0.1) is 11.8 Å². The Labute approximate surface area is 82.5 Å². The van der Waals surface area contributed by atoms with E-state index < -0.39 is 0 Å². The highest BCUT2D eigenvalue weighted by atomic mass is 16.3. The third-order valence-electron chi connectivity index (χ3n) is 3.92. The highest BCUT2D eigenvalue weighted by Crippen LogP contribution is 2.41. The summed E-state index contributed by atoms with van der Waals surface area (Å²) in [6.07, 6.45) is 6.91. The largest absolute Gasteiger partial charge is 0.390 e. The Hall–Kier alpha value is -0.0400. The zero-order chi connectivity index (χ0) is 9.90. The van der Waals surface area contributed by atoms with Gasteiger partial charge in [-0.15, -0.1) is 0 Å². The Bertz CT molecular complexity index is 155. The molecule has 1 aliphatic rings. The van der Waals surface area contributed by atoms with E-state index in [0.717, 1.165) is 18.8 Å². The lowest BCUT2D eigenvalue weighted by Gasteiger charge is -2.30. The van der Waals surface area contributed by atoms with E-state index in [0.29, 0.717) is 5.92 Å². The Morgan fingerprint density at radius 2 is 2.15 bits per heavy atom. The Morgan fingerprint density at radius 1 is 1.46 bits per heavy atom. The zero-order valence-corrected chi connectivity index (χ0v) is 9.34. The minimum atomic E-state index is -0.316. The lowest BCUT2D eigenvalue weighted by atomic mass is 9.82. The van der Waals surface area contributed by atoms with Crippen molar-refractivity contribution < 1.29 is 5.11 Å². The average Bonchev–Trinajstić information content (AvgIpc) is 2.49. The molecule has 1 saturated carbocycles. The fourth-order valence-electron chi connectivity index (χ4n) is 2.58. The summed E-state index contributed by atoms with van der Waals surface area (Å²) >= 11 is 0. The van der Waals surface area contributed by atoms with Crippen molar-refractivity contribution >= 4 is 0 Å². The van der Waals surface area contributed by atoms with Crippen molar-refractivity contribution in [1.82, 2.24) is 0 Å². The van der Waals surface area contributed by atoms with Crippen molar-refractivity contribution in [1.29, 1.82) is 0 Å². The molecule has 1 aliphatic carbocycles. The standard InChI is InChI=1S/C12H24O/c1-4-10(3)9-11-7-6-8-12(11,13)5-2/h10-11,13H,4-9H2,1-3H3. The molecule has 0 radical (unpaired) electrons. The van der Waals surface area contributed by atoms with E-state index in [2.05, 4.69) is 20.8 Å². The van der Waals surface area contributed by atoms with Gasteiger partial charge in [0.2, 0.25) is 0 Å². The van der Waals surface area contributed by atoms with E-state index in [-0.39, 0.29) is 5.60 Å². The molecule has 1 nitrogen and oxygen atoms in total. The lowest BCUT2D eigenvalue weighted by molar-refractivity contribution is -0.00929. The van der Waals surface area contributed by atoms with Crippen molar-refractivity contribution in [2.45, 2.75) is 64.9 Å². The molecule has 1 rings (SSSR count). The number of rotatable bonds is 4. The van der Waals surface area contributed by atoms with Crippen LogP contribution in [-0.4, -0.2) is 10.7 Å². The Kier molecular flexibility index (Phi) is 3.78. The van der Waals surface area contributed by atoms with Gasteiger partial charge in [0.05, 0.1) is 5.60 Å². The van der Waals surface area contributed by atoms with Crippen LogP contribution in [0.3, 0.4) is 0 Å². The van der Waals surface area contributed by atoms with Crippen LogP contribution in [0.4, 0.5) is 0 Å². The topological polar surface area (TPSA) is 20.2 Å². The maximum Gasteiger partial charge on any atom is 0.0673 e. The molecular formula is C12H24O. The summed E-state index contributed by atoms with van der Waals surface area (Å²) in [5.74, 6) is 1.36. The van der Waals surface area contributed by atoms with Crippen LogP contribution in [0.5, 0.6) is 0 Å². The van der Waals surface area contributed by atoms with E-state index >= 15 is 0 Å². The lowest BCUT2D eigenvalue weighted by Crippen LogP contribution is -2.33. The quantitative estimate of drug-likeness (QED) is 0.710. The van der Waals surface area contributed by atoms with Crippen LogP contribution in [0.1, 0.15) is 59.3 Å². The van der Waals surface area contributed by atoms with Gasteiger partial charge in [-0.1, -0.05) is 33.6 Å². The summed E-state index contributed by atoms with van der Waals surface area (Å²) in [6, 6.07) is 0. The van der Waals surface area contributed by atoms with Gasteiger partial charge in [0.1, 0.15) is 0 Å². The van der Waals surface area contributed by atoms with Crippen molar-refractivity contribution in [2.75, 3.05) is 0 Å². The van der Waals surface area contributed by atoms with E-state index in [4.69, 9.17) is 0 Å². The van der Waals surface area contributed by atoms with Gasteiger partial charge in [0.25, 0.3) is 0 Å². The zero-order valence-electron chi connectivity index (χ0n) is 9.34. The number of hydrogen-bond acceptors (Lipinski definition) is 1. The van der Waals surface area contributed by atoms with Crippen LogP contribution >= 0.6 is 0 Å². The third kappa shape index (κ3) is 2.46. The molecule has 0 aromatic rings. The predicted molar refractivity (Wildman–Crippen MR) is 56.7 cm³/mol. The van der Waals surface area contributed by atoms with Crippen LogP contribution < -0.4 is 0 Å². The second-order valence-electron chi connectivity index (χ2n) is 4.80. The second kappa shape index (κ2) is 4.45. The van der Waals surface area contributed by atoms with Gasteiger partial charge in [-0.05, 0) is 37.5 Å². The molecule has 78 valence electrons. The van der Waals surface area contributed by atoms with E-state index in [9.17, 15) is 5.11 Å². The average molecular weight is 184 g/mol. The smallest absolute Gasteiger partial charge is 0.0673 e. The van der Waals surface area contributed by atoms with Gasteiger partial charge in [-0.3, -0.25) is 0 Å². The molecular weight excluding hydrogens is 160 g/mol. The van der Waals surface area contributed by atoms with Crippen LogP contribution in [0.2, 0.25) is 0 Å². The van der Waals surface area contributed by atoms with E-state index in [1.54, 1.807) is 0 Å². The van der Waals surface area contributed by atoms with Gasteiger partial charge < -0.3 is 5.11 Å². The first-order valence-corrected chi connectivity index (χ1v) is 5.84. The fourth-order valence-corrected chi connectivity index (χ4v) is 2.58. The normalized spacial score (nSPS) is 36.5. The van der Waals surface area contributed by atoms with Gasteiger partial charge in [0.15, 0.2) is 0 Å². The highest BCUT2D eigenvalue weighted by Gasteiger charge is 2.39. The van der Waals surface area contributed by atoms with Crippen molar-refractivity contribution in [3.8, 4) is 0 Å². The molecule has 0 bridgehead atoms. The Morgan fingerprint density at radius 3 is 2.69 bits per heavy atom. The first kappa shape index (κ1) is 11.0. The van der Waals surface area contributed by atoms with E-state index in [1.165, 1.54) is 25.7 Å². The number of aliphatic hydroxyl groups is 1. The molecule has 0 heterocycles. The van der Waals surface area contributed by atoms with E-state index in [1.807, 2.05) is 0 Å². The molecule has 3 unspecified atom stereocenters. The monoisotopic (exact) mass is 184 g/mol. The minimum absolute atomic E-state index is 0.316. The van der Waals surface area contributed by atoms with Gasteiger partial charge in [-0.2, -0.15) is 0 Å². The van der Waals surface area contributed by atoms with Crippen molar-refractivity contribution in [3.63, 3.8) is 0 Å². The molecule has 0 amide bonds. The molecule has 0 spiro atoms. The highest BCUT2D eigenvalue weighted by molar-refractivity contribution is 4.91. The van der Waals surface area contributed by atoms with Crippen molar-refractivity contribution in [2.24, 2.45) is 11.8 Å². The van der Waals surface area contributed by atoms with Crippen molar-refractivity contribution in [3.05, 3.63) is 0 Å². The van der Waals surface area contributed by atoms with Crippen LogP contribution in [0.25, 0.3) is 0 Å². The molecule has 13 heavy (non-hydrogen) atoms. The molecule has 3 atom stereocenters. The molecule has 0 aromatic carbocycles. The minimum Gasteiger partial charge on any atom is -0.390 e. The summed E-state index contributed by atoms with van der Waals surface area (Å²) < 4.78 is 0. The summed E-state index contributed by atoms with van der Waals surface area (Å²) in [5, 5.41) is 10.3. The molecule has 0 aromatic heterocycles. The Balaban J connectivity index is 2.48. The summed E-state index contributed by atoms with van der Waals surface area (Å²) in [5.41, 5.74) is -0.316. The van der Waals surface area contributed by atoms with Crippen LogP contribution in [0.15, 0.2) is 0 Å². The first-order valence-electron chi connectivity index (χ1n) is 5.84. The molecule has 1 heteroatoms. The maximum atomic E-state index is 10.3. The summed E-state index contributed by atoms with van der Waals surface area (Å²) in [7, 11) is 0. The molecule has 1 N–H and O–H groups in total. The second-order valence-corrected chi connectivity index (χ2v) is 4.80. The summed E-state index contributed by atoms with van der Waals surface area (Å²) in [6.45, 7) is 6.66. The first-order chi connectivity index (χ1) is 6.12. The molecule has 0 saturated heterocycles. The predicted octanol–water partition coefficient (Wildman–Crippen LogP) is 3.36. The fraction of sp³-hybridized carbons (Fsp3) is 1.00. The van der Waals surface area contributed by atoms with Gasteiger partial charge >= 0.3 is 0 Å². The van der Waals surface area contributed by atoms with Gasteiger partial charge in [0, 0.05) is 0 Å². The molecule has 0 aliphatic heterocycles. The molecule has 1 fully saturated rings. The van der Waals surface area contributed by atoms with Gasteiger partial charge in [-0.25, -0.2) is 0 Å². The summed E-state index contributed by atoms with van der Waals surface area (Å²) in [4.78, 5) is 0. The number of hydrogen-bond donors (Lipinski definition) is 1. The van der Waals surface area contributed by atoms with Crippen LogP contribution in [-0.2, 0) is 0 Å². The maximum absolute atomic E-state index is 10.3. The third-order valence-corrected chi connectivity index (χ3v) is 3.92. The SMILES string of the molecule is CCC(C)CC1CCCC1(O)CC.